The molecule has 3 unspecified atom stereocenters. The number of phosphoric ester groups is 1. The third-order valence-electron chi connectivity index (χ3n) is 11.2. The average molecular weight is 900 g/mol. The summed E-state index contributed by atoms with van der Waals surface area (Å²) in [7, 11) is -4.72. The summed E-state index contributed by atoms with van der Waals surface area (Å²) >= 11 is 0. The number of hydrogen-bond acceptors (Lipinski definition) is 9. The van der Waals surface area contributed by atoms with Crippen LogP contribution in [0.3, 0.4) is 0 Å². The molecule has 0 aliphatic rings. The highest BCUT2D eigenvalue weighted by Crippen LogP contribution is 2.43. The fraction of sp³-hybridized carbons (Fsp3) is 0.860. The lowest BCUT2D eigenvalue weighted by Gasteiger charge is -2.20. The molecule has 0 aromatic carbocycles. The molecule has 0 bridgehead atoms. The predicted molar refractivity (Wildman–Crippen MR) is 254 cm³/mol. The van der Waals surface area contributed by atoms with E-state index in [1.807, 2.05) is 0 Å². The van der Waals surface area contributed by atoms with E-state index in [-0.39, 0.29) is 19.4 Å². The van der Waals surface area contributed by atoms with Gasteiger partial charge < -0.3 is 25.2 Å². The number of unbranched alkanes of at least 4 members (excludes halogenated alkanes) is 30. The number of carboxylic acid groups (broad SMARTS) is 1. The quantitative estimate of drug-likeness (QED) is 0.0230. The Bertz CT molecular complexity index is 1150. The molecule has 0 spiro atoms. The first-order valence-electron chi connectivity index (χ1n) is 25.4. The number of esters is 2. The van der Waals surface area contributed by atoms with Gasteiger partial charge in [-0.05, 0) is 44.9 Å². The molecule has 0 fully saturated rings. The molecule has 12 heteroatoms. The lowest BCUT2D eigenvalue weighted by atomic mass is 10.0. The smallest absolute Gasteiger partial charge is 0.472 e. The van der Waals surface area contributed by atoms with E-state index in [0.717, 1.165) is 64.2 Å². The molecule has 0 amide bonds. The standard InChI is InChI=1S/C50H94NO10P/c1-3-5-7-9-11-13-15-17-19-21-22-23-24-25-26-28-29-31-33-35-37-39-41-48(52)58-43-46(44-59-62(56,57)60-45-47(51)50(54)55)61-49(53)42-40-38-36-34-32-30-27-20-18-16-14-12-10-8-6-4-2/h14,16,20,27,46-47H,3-13,15,17-19,21-26,28-45,51H2,1-2H3,(H,54,55)(H,56,57)/b16-14-,27-20-. The molecule has 0 heterocycles. The fourth-order valence-corrected chi connectivity index (χ4v) is 7.99. The maximum absolute atomic E-state index is 12.7. The number of aliphatic carboxylic acids is 1. The lowest BCUT2D eigenvalue weighted by Crippen LogP contribution is -2.34. The van der Waals surface area contributed by atoms with Crippen LogP contribution in [0.4, 0.5) is 0 Å². The van der Waals surface area contributed by atoms with E-state index in [2.05, 4.69) is 42.7 Å². The molecule has 11 nitrogen and oxygen atoms in total. The highest BCUT2D eigenvalue weighted by Gasteiger charge is 2.28. The van der Waals surface area contributed by atoms with E-state index in [0.29, 0.717) is 12.8 Å². The van der Waals surface area contributed by atoms with E-state index in [9.17, 15) is 23.8 Å². The second kappa shape index (κ2) is 45.5. The Hall–Kier alpha value is -2.04. The van der Waals surface area contributed by atoms with Gasteiger partial charge in [-0.2, -0.15) is 0 Å². The molecule has 0 rings (SSSR count). The van der Waals surface area contributed by atoms with Gasteiger partial charge >= 0.3 is 25.7 Å². The van der Waals surface area contributed by atoms with Crippen molar-refractivity contribution in [2.24, 2.45) is 5.73 Å². The number of rotatable bonds is 48. The van der Waals surface area contributed by atoms with Gasteiger partial charge in [-0.1, -0.05) is 212 Å². The molecule has 364 valence electrons. The molecule has 62 heavy (non-hydrogen) atoms. The maximum Gasteiger partial charge on any atom is 0.472 e. The van der Waals surface area contributed by atoms with Gasteiger partial charge in [0.15, 0.2) is 6.10 Å². The summed E-state index contributed by atoms with van der Waals surface area (Å²) in [5, 5.41) is 8.91. The molecular weight excluding hydrogens is 806 g/mol. The molecule has 0 aliphatic carbocycles. The van der Waals surface area contributed by atoms with Crippen LogP contribution in [0, 0.1) is 0 Å². The van der Waals surface area contributed by atoms with E-state index < -0.39 is 51.1 Å². The summed E-state index contributed by atoms with van der Waals surface area (Å²) in [4.78, 5) is 46.1. The molecule has 0 aromatic heterocycles. The van der Waals surface area contributed by atoms with Gasteiger partial charge in [-0.15, -0.1) is 0 Å². The molecule has 0 aromatic rings. The van der Waals surface area contributed by atoms with Crippen molar-refractivity contribution in [3.8, 4) is 0 Å². The Kier molecular flexibility index (Phi) is 44.0. The van der Waals surface area contributed by atoms with Gasteiger partial charge in [0.25, 0.3) is 0 Å². The van der Waals surface area contributed by atoms with Crippen LogP contribution in [0.15, 0.2) is 24.3 Å². The second-order valence-corrected chi connectivity index (χ2v) is 18.8. The number of phosphoric acid groups is 1. The number of carbonyl (C=O) groups excluding carboxylic acids is 2. The van der Waals surface area contributed by atoms with Crippen LogP contribution in [0.5, 0.6) is 0 Å². The van der Waals surface area contributed by atoms with Crippen molar-refractivity contribution in [1.82, 2.24) is 0 Å². The van der Waals surface area contributed by atoms with E-state index in [1.54, 1.807) is 0 Å². The van der Waals surface area contributed by atoms with Gasteiger partial charge in [0.05, 0.1) is 13.2 Å². The van der Waals surface area contributed by atoms with Crippen molar-refractivity contribution in [1.29, 1.82) is 0 Å². The van der Waals surface area contributed by atoms with Crippen LogP contribution in [-0.2, 0) is 37.5 Å². The maximum atomic E-state index is 12.7. The summed E-state index contributed by atoms with van der Waals surface area (Å²) in [6.07, 6.45) is 49.6. The number of carboxylic acids is 1. The highest BCUT2D eigenvalue weighted by molar-refractivity contribution is 7.47. The Morgan fingerprint density at radius 3 is 1.27 bits per heavy atom. The number of nitrogens with two attached hydrogens (primary N) is 1. The topological polar surface area (TPSA) is 172 Å². The monoisotopic (exact) mass is 900 g/mol. The van der Waals surface area contributed by atoms with Crippen LogP contribution < -0.4 is 5.73 Å². The third-order valence-corrected chi connectivity index (χ3v) is 12.2. The Morgan fingerprint density at radius 1 is 0.500 bits per heavy atom. The molecule has 0 saturated heterocycles. The van der Waals surface area contributed by atoms with Crippen LogP contribution in [0.1, 0.15) is 245 Å². The van der Waals surface area contributed by atoms with Crippen molar-refractivity contribution >= 4 is 25.7 Å². The first-order chi connectivity index (χ1) is 30.1. The number of carbonyl (C=O) groups is 3. The summed E-state index contributed by atoms with van der Waals surface area (Å²) < 4.78 is 32.8. The summed E-state index contributed by atoms with van der Waals surface area (Å²) in [6.45, 7) is 2.81. The van der Waals surface area contributed by atoms with Crippen molar-refractivity contribution in [3.05, 3.63) is 24.3 Å². The molecule has 0 radical (unpaired) electrons. The number of allylic oxidation sites excluding steroid dienone is 4. The van der Waals surface area contributed by atoms with E-state index >= 15 is 0 Å². The van der Waals surface area contributed by atoms with Gasteiger partial charge in [-0.3, -0.25) is 23.4 Å². The zero-order valence-electron chi connectivity index (χ0n) is 39.7. The Morgan fingerprint density at radius 2 is 0.855 bits per heavy atom. The van der Waals surface area contributed by atoms with Crippen LogP contribution in [0.25, 0.3) is 0 Å². The minimum atomic E-state index is -4.72. The van der Waals surface area contributed by atoms with Crippen molar-refractivity contribution in [3.63, 3.8) is 0 Å². The van der Waals surface area contributed by atoms with Crippen LogP contribution >= 0.6 is 7.82 Å². The zero-order valence-corrected chi connectivity index (χ0v) is 40.6. The van der Waals surface area contributed by atoms with Gasteiger partial charge in [0, 0.05) is 12.8 Å². The van der Waals surface area contributed by atoms with Crippen molar-refractivity contribution < 1.29 is 47.5 Å². The second-order valence-electron chi connectivity index (χ2n) is 17.3. The fourth-order valence-electron chi connectivity index (χ4n) is 7.22. The van der Waals surface area contributed by atoms with Crippen molar-refractivity contribution in [2.45, 2.75) is 257 Å². The number of ether oxygens (including phenoxy) is 2. The minimum absolute atomic E-state index is 0.148. The first-order valence-corrected chi connectivity index (χ1v) is 26.9. The predicted octanol–water partition coefficient (Wildman–Crippen LogP) is 14.2. The largest absolute Gasteiger partial charge is 0.480 e. The highest BCUT2D eigenvalue weighted by atomic mass is 31.2. The Balaban J connectivity index is 4.21. The van der Waals surface area contributed by atoms with E-state index in [4.69, 9.17) is 24.8 Å². The average Bonchev–Trinajstić information content (AvgIpc) is 3.25. The molecule has 0 aliphatic heterocycles. The zero-order chi connectivity index (χ0) is 45.6. The molecule has 4 N–H and O–H groups in total. The molecular formula is C50H94NO10P. The summed E-state index contributed by atoms with van der Waals surface area (Å²) in [5.41, 5.74) is 5.35. The van der Waals surface area contributed by atoms with Crippen molar-refractivity contribution in [2.75, 3.05) is 19.8 Å². The van der Waals surface area contributed by atoms with Crippen LogP contribution in [-0.4, -0.2) is 59.9 Å². The van der Waals surface area contributed by atoms with Gasteiger partial charge in [-0.25, -0.2) is 4.57 Å². The van der Waals surface area contributed by atoms with Crippen LogP contribution in [0.2, 0.25) is 0 Å². The van der Waals surface area contributed by atoms with Gasteiger partial charge in [0.1, 0.15) is 12.6 Å². The van der Waals surface area contributed by atoms with Gasteiger partial charge in [0.2, 0.25) is 0 Å². The third kappa shape index (κ3) is 44.6. The van der Waals surface area contributed by atoms with E-state index in [1.165, 1.54) is 141 Å². The molecule has 3 atom stereocenters. The normalized spacial score (nSPS) is 13.7. The summed E-state index contributed by atoms with van der Waals surface area (Å²) in [6, 6.07) is -1.52. The molecule has 0 saturated carbocycles. The summed E-state index contributed by atoms with van der Waals surface area (Å²) in [5.74, 6) is -2.38. The number of hydrogen-bond donors (Lipinski definition) is 3. The lowest BCUT2D eigenvalue weighted by molar-refractivity contribution is -0.161. The minimum Gasteiger partial charge on any atom is -0.480 e. The Labute approximate surface area is 379 Å². The SMILES string of the molecule is CCCCCC/C=C\C/C=C\CCCCCCCC(=O)OC(COC(=O)CCCCCCCCCCCCCCCCCCCCCCCC)COP(=O)(O)OCC(N)C(=O)O. The first kappa shape index (κ1) is 60.0.